The number of hydrogen-bond acceptors (Lipinski definition) is 4. The molecule has 6 nitrogen and oxygen atoms in total. The van der Waals surface area contributed by atoms with Crippen molar-refractivity contribution in [3.8, 4) is 0 Å². The second-order valence-corrected chi connectivity index (χ2v) is 8.79. The van der Waals surface area contributed by atoms with E-state index >= 15 is 0 Å². The topological polar surface area (TPSA) is 101 Å². The number of hydrogen-bond donors (Lipinski definition) is 2. The van der Waals surface area contributed by atoms with Gasteiger partial charge in [-0.25, -0.2) is 8.42 Å². The summed E-state index contributed by atoms with van der Waals surface area (Å²) >= 11 is 0. The normalized spacial score (nSPS) is 13.4. The number of rotatable bonds is 7. The number of aryl methyl sites for hydroxylation is 1. The van der Waals surface area contributed by atoms with Gasteiger partial charge in [0.2, 0.25) is 5.91 Å². The fourth-order valence-electron chi connectivity index (χ4n) is 1.97. The monoisotopic (exact) mass is 341 g/mol. The fourth-order valence-corrected chi connectivity index (χ4v) is 2.38. The van der Waals surface area contributed by atoms with E-state index < -0.39 is 32.4 Å². The summed E-state index contributed by atoms with van der Waals surface area (Å²) in [5.41, 5.74) is 1.88. The van der Waals surface area contributed by atoms with Crippen LogP contribution in [0.15, 0.2) is 24.3 Å². The molecule has 23 heavy (non-hydrogen) atoms. The summed E-state index contributed by atoms with van der Waals surface area (Å²) in [6.07, 6.45) is 1.24. The van der Waals surface area contributed by atoms with E-state index in [1.54, 1.807) is 0 Å². The Balaban J connectivity index is 2.79. The van der Waals surface area contributed by atoms with Gasteiger partial charge in [-0.05, 0) is 32.8 Å². The zero-order valence-corrected chi connectivity index (χ0v) is 14.6. The number of amides is 1. The molecule has 0 spiro atoms. The highest BCUT2D eigenvalue weighted by molar-refractivity contribution is 7.92. The standard InChI is InChI=1S/C16H23NO5S/c1-11-6-5-7-12(8-11)9-13(14(18)19)10-17-15(20)16(2,3)23(4,21)22/h5-8,13H,9-10H2,1-4H3,(H,17,20)(H,18,19). The van der Waals surface area contributed by atoms with Crippen LogP contribution in [0.3, 0.4) is 0 Å². The molecule has 0 heterocycles. The molecule has 2 N–H and O–H groups in total. The van der Waals surface area contributed by atoms with Gasteiger partial charge in [0.15, 0.2) is 9.84 Å². The molecule has 0 aliphatic rings. The molecule has 0 saturated heterocycles. The first-order valence-electron chi connectivity index (χ1n) is 7.21. The van der Waals surface area contributed by atoms with E-state index in [1.165, 1.54) is 13.8 Å². The molecule has 1 aromatic carbocycles. The predicted octanol–water partition coefficient (Wildman–Crippen LogP) is 1.18. The van der Waals surface area contributed by atoms with Gasteiger partial charge in [0.1, 0.15) is 4.75 Å². The molecule has 0 radical (unpaired) electrons. The zero-order chi connectivity index (χ0) is 17.8. The first-order valence-corrected chi connectivity index (χ1v) is 9.10. The molecule has 0 fully saturated rings. The van der Waals surface area contributed by atoms with Crippen LogP contribution in [0.1, 0.15) is 25.0 Å². The zero-order valence-electron chi connectivity index (χ0n) is 13.8. The Hall–Kier alpha value is -1.89. The van der Waals surface area contributed by atoms with Crippen LogP contribution in [0, 0.1) is 12.8 Å². The van der Waals surface area contributed by atoms with E-state index in [0.29, 0.717) is 0 Å². The Morgan fingerprint density at radius 3 is 2.39 bits per heavy atom. The highest BCUT2D eigenvalue weighted by Gasteiger charge is 2.38. The van der Waals surface area contributed by atoms with Gasteiger partial charge in [0, 0.05) is 12.8 Å². The lowest BCUT2D eigenvalue weighted by Crippen LogP contribution is -2.49. The second kappa shape index (κ2) is 7.12. The smallest absolute Gasteiger partial charge is 0.308 e. The minimum atomic E-state index is -3.59. The molecule has 1 rings (SSSR count). The van der Waals surface area contributed by atoms with Crippen LogP contribution in [-0.4, -0.2) is 42.9 Å². The lowest BCUT2D eigenvalue weighted by Gasteiger charge is -2.23. The van der Waals surface area contributed by atoms with Crippen LogP contribution in [0.5, 0.6) is 0 Å². The van der Waals surface area contributed by atoms with E-state index in [1.807, 2.05) is 31.2 Å². The van der Waals surface area contributed by atoms with Gasteiger partial charge < -0.3 is 10.4 Å². The lowest BCUT2D eigenvalue weighted by molar-refractivity contribution is -0.141. The average molecular weight is 341 g/mol. The highest BCUT2D eigenvalue weighted by atomic mass is 32.2. The average Bonchev–Trinajstić information content (AvgIpc) is 2.41. The maximum atomic E-state index is 12.1. The van der Waals surface area contributed by atoms with Gasteiger partial charge in [-0.3, -0.25) is 9.59 Å². The number of benzene rings is 1. The van der Waals surface area contributed by atoms with Crippen LogP contribution in [0.4, 0.5) is 0 Å². The summed E-state index contributed by atoms with van der Waals surface area (Å²) in [5.74, 6) is -2.56. The van der Waals surface area contributed by atoms with Crippen molar-refractivity contribution in [3.05, 3.63) is 35.4 Å². The highest BCUT2D eigenvalue weighted by Crippen LogP contribution is 2.16. The molecule has 0 bridgehead atoms. The number of carbonyl (C=O) groups excluding carboxylic acids is 1. The summed E-state index contributed by atoms with van der Waals surface area (Å²) in [5, 5.41) is 11.8. The molecule has 0 saturated carbocycles. The molecule has 1 atom stereocenters. The van der Waals surface area contributed by atoms with Crippen LogP contribution in [-0.2, 0) is 25.8 Å². The van der Waals surface area contributed by atoms with Crippen LogP contribution in [0.2, 0.25) is 0 Å². The van der Waals surface area contributed by atoms with Crippen LogP contribution >= 0.6 is 0 Å². The molecule has 1 aromatic rings. The van der Waals surface area contributed by atoms with Gasteiger partial charge in [-0.1, -0.05) is 29.8 Å². The van der Waals surface area contributed by atoms with Crippen molar-refractivity contribution < 1.29 is 23.1 Å². The summed E-state index contributed by atoms with van der Waals surface area (Å²) in [6, 6.07) is 7.47. The Bertz CT molecular complexity index is 694. The van der Waals surface area contributed by atoms with Gasteiger partial charge >= 0.3 is 5.97 Å². The maximum Gasteiger partial charge on any atom is 0.308 e. The molecule has 7 heteroatoms. The second-order valence-electron chi connectivity index (χ2n) is 6.22. The van der Waals surface area contributed by atoms with Crippen molar-refractivity contribution in [2.75, 3.05) is 12.8 Å². The summed E-state index contributed by atoms with van der Waals surface area (Å²) in [4.78, 5) is 23.4. The third kappa shape index (κ3) is 5.06. The van der Waals surface area contributed by atoms with Gasteiger partial charge in [-0.15, -0.1) is 0 Å². The fraction of sp³-hybridized carbons (Fsp3) is 0.500. The van der Waals surface area contributed by atoms with E-state index in [2.05, 4.69) is 5.32 Å². The van der Waals surface area contributed by atoms with E-state index in [4.69, 9.17) is 0 Å². The molecule has 1 amide bonds. The predicted molar refractivity (Wildman–Crippen MR) is 87.9 cm³/mol. The van der Waals surface area contributed by atoms with Crippen molar-refractivity contribution in [2.45, 2.75) is 31.9 Å². The number of sulfone groups is 1. The molecule has 128 valence electrons. The maximum absolute atomic E-state index is 12.1. The Kier molecular flexibility index (Phi) is 5.93. The number of aliphatic carboxylic acids is 1. The summed E-state index contributed by atoms with van der Waals surface area (Å²) < 4.78 is 21.7. The van der Waals surface area contributed by atoms with Crippen LogP contribution in [0.25, 0.3) is 0 Å². The van der Waals surface area contributed by atoms with Crippen molar-refractivity contribution in [3.63, 3.8) is 0 Å². The first kappa shape index (κ1) is 19.2. The molecule has 0 aromatic heterocycles. The van der Waals surface area contributed by atoms with E-state index in [9.17, 15) is 23.1 Å². The van der Waals surface area contributed by atoms with Gasteiger partial charge in [-0.2, -0.15) is 0 Å². The SMILES string of the molecule is Cc1cccc(CC(CNC(=O)C(C)(C)S(C)(=O)=O)C(=O)O)c1. The quantitative estimate of drug-likeness (QED) is 0.775. The third-order valence-corrected chi connectivity index (χ3v) is 5.94. The number of carboxylic acid groups (broad SMARTS) is 1. The van der Waals surface area contributed by atoms with Gasteiger partial charge in [0.05, 0.1) is 5.92 Å². The number of carboxylic acids is 1. The molecule has 0 aliphatic heterocycles. The Morgan fingerprint density at radius 1 is 1.30 bits per heavy atom. The lowest BCUT2D eigenvalue weighted by atomic mass is 9.98. The van der Waals surface area contributed by atoms with Crippen molar-refractivity contribution in [1.29, 1.82) is 0 Å². The van der Waals surface area contributed by atoms with Crippen LogP contribution < -0.4 is 5.32 Å². The van der Waals surface area contributed by atoms with Crippen molar-refractivity contribution in [2.24, 2.45) is 5.92 Å². The number of carbonyl (C=O) groups is 2. The van der Waals surface area contributed by atoms with Gasteiger partial charge in [0.25, 0.3) is 0 Å². The largest absolute Gasteiger partial charge is 0.481 e. The molecule has 1 unspecified atom stereocenters. The summed E-state index contributed by atoms with van der Waals surface area (Å²) in [7, 11) is -3.59. The molecular formula is C16H23NO5S. The third-order valence-electron chi connectivity index (χ3n) is 3.90. The number of nitrogens with one attached hydrogen (secondary N) is 1. The summed E-state index contributed by atoms with van der Waals surface area (Å²) in [6.45, 7) is 4.39. The van der Waals surface area contributed by atoms with E-state index in [0.717, 1.165) is 17.4 Å². The minimum absolute atomic E-state index is 0.124. The molecule has 0 aliphatic carbocycles. The van der Waals surface area contributed by atoms with E-state index in [-0.39, 0.29) is 13.0 Å². The van der Waals surface area contributed by atoms with Crippen molar-refractivity contribution >= 4 is 21.7 Å². The minimum Gasteiger partial charge on any atom is -0.481 e. The Labute approximate surface area is 136 Å². The molecular weight excluding hydrogens is 318 g/mol. The Morgan fingerprint density at radius 2 is 1.91 bits per heavy atom. The van der Waals surface area contributed by atoms with Crippen molar-refractivity contribution in [1.82, 2.24) is 5.32 Å². The first-order chi connectivity index (χ1) is 10.4.